The molecule has 7 heteroatoms. The lowest BCUT2D eigenvalue weighted by Crippen LogP contribution is -2.18. The fraction of sp³-hybridized carbons (Fsp3) is 0.111. The van der Waals surface area contributed by atoms with Crippen LogP contribution in [-0.4, -0.2) is 21.9 Å². The number of nitrogens with zero attached hydrogens (tertiary/aromatic N) is 2. The van der Waals surface area contributed by atoms with Crippen molar-refractivity contribution in [3.8, 4) is 0 Å². The van der Waals surface area contributed by atoms with Gasteiger partial charge in [0.15, 0.2) is 18.0 Å². The lowest BCUT2D eigenvalue weighted by molar-refractivity contribution is 0.0963. The van der Waals surface area contributed by atoms with Crippen LogP contribution in [0.4, 0.5) is 3.89 Å². The summed E-state index contributed by atoms with van der Waals surface area (Å²) in [6, 6.07) is 1.61. The molecule has 0 unspecified atom stereocenters. The van der Waals surface area contributed by atoms with E-state index in [2.05, 4.69) is 10.3 Å². The quantitative estimate of drug-likeness (QED) is 0.901. The van der Waals surface area contributed by atoms with Crippen LogP contribution in [0.1, 0.15) is 10.4 Å². The Morgan fingerprint density at radius 3 is 3.06 bits per heavy atom. The van der Waals surface area contributed by atoms with Crippen LogP contribution in [0.25, 0.3) is 11.0 Å². The lowest BCUT2D eigenvalue weighted by atomic mass is 10.2. The van der Waals surface area contributed by atoms with Crippen LogP contribution in [0.2, 0.25) is 5.02 Å². The highest BCUT2D eigenvalue weighted by Gasteiger charge is 2.15. The van der Waals surface area contributed by atoms with Crippen LogP contribution in [0.3, 0.4) is 0 Å². The molecule has 0 radical (unpaired) electrons. The predicted molar refractivity (Wildman–Crippen MR) is 62.2 cm³/mol. The minimum atomic E-state index is -0.319. The normalized spacial score (nSPS) is 10.7. The maximum atomic E-state index is 12.5. The van der Waals surface area contributed by atoms with Gasteiger partial charge in [0, 0.05) is 24.8 Å². The molecule has 0 fully saturated rings. The summed E-state index contributed by atoms with van der Waals surface area (Å²) in [4.78, 5) is 15.4. The molecule has 0 aliphatic carbocycles. The van der Waals surface area contributed by atoms with Gasteiger partial charge in [0.1, 0.15) is 0 Å². The summed E-state index contributed by atoms with van der Waals surface area (Å²) >= 11 is 6.07. The first-order valence-electron chi connectivity index (χ1n) is 4.35. The summed E-state index contributed by atoms with van der Waals surface area (Å²) < 4.78 is 13.7. The van der Waals surface area contributed by atoms with Crippen molar-refractivity contribution >= 4 is 40.9 Å². The topological polar surface area (TPSA) is 46.9 Å². The average molecular weight is 260 g/mol. The molecular weight excluding hydrogens is 253 g/mol. The van der Waals surface area contributed by atoms with Gasteiger partial charge in [-0.2, -0.15) is 0 Å². The summed E-state index contributed by atoms with van der Waals surface area (Å²) in [5, 5.41) is 3.28. The molecular formula is C9H7ClFN3OS. The molecule has 1 amide bonds. The Kier molecular flexibility index (Phi) is 3.02. The number of halogens is 2. The first-order chi connectivity index (χ1) is 7.69. The number of hydrogen-bond donors (Lipinski definition) is 1. The lowest BCUT2D eigenvalue weighted by Gasteiger charge is -2.03. The molecule has 2 aromatic rings. The molecule has 0 bridgehead atoms. The van der Waals surface area contributed by atoms with Crippen LogP contribution in [0.5, 0.6) is 0 Å². The summed E-state index contributed by atoms with van der Waals surface area (Å²) in [5.41, 5.74) is 0.670. The smallest absolute Gasteiger partial charge is 0.254 e. The maximum absolute atomic E-state index is 12.5. The van der Waals surface area contributed by atoms with Crippen LogP contribution in [0.15, 0.2) is 18.5 Å². The van der Waals surface area contributed by atoms with Crippen LogP contribution < -0.4 is 5.32 Å². The first-order valence-corrected chi connectivity index (χ1v) is 5.41. The number of aromatic nitrogens is 2. The maximum Gasteiger partial charge on any atom is 0.254 e. The van der Waals surface area contributed by atoms with Gasteiger partial charge in [-0.05, 0) is 6.07 Å². The van der Waals surface area contributed by atoms with Gasteiger partial charge in [-0.15, -0.1) is 3.89 Å². The molecule has 2 rings (SSSR count). The van der Waals surface area contributed by atoms with Crippen LogP contribution in [0, 0.1) is 0 Å². The van der Waals surface area contributed by atoms with Gasteiger partial charge in [0.25, 0.3) is 5.91 Å². The van der Waals surface area contributed by atoms with Crippen molar-refractivity contribution in [2.45, 2.75) is 0 Å². The molecule has 4 nitrogen and oxygen atoms in total. The molecule has 2 aromatic heterocycles. The molecule has 84 valence electrons. The number of pyridine rings is 1. The third-order valence-corrected chi connectivity index (χ3v) is 3.01. The Morgan fingerprint density at radius 1 is 1.69 bits per heavy atom. The van der Waals surface area contributed by atoms with E-state index >= 15 is 0 Å². The zero-order chi connectivity index (χ0) is 11.7. The number of amides is 1. The Labute approximate surface area is 100 Å². The molecule has 0 aliphatic rings. The summed E-state index contributed by atoms with van der Waals surface area (Å²) in [6.07, 6.45) is 2.83. The number of carbonyl (C=O) groups excluding carboxylic acids is 1. The molecule has 0 saturated carbocycles. The molecule has 0 saturated heterocycles. The Balaban J connectivity index is 2.66. The molecule has 0 spiro atoms. The largest absolute Gasteiger partial charge is 0.355 e. The number of rotatable bonds is 2. The van der Waals surface area contributed by atoms with E-state index in [1.807, 2.05) is 0 Å². The SMILES string of the molecule is CNC(=O)c1cnc2c(ccn2SF)c1Cl. The van der Waals surface area contributed by atoms with Crippen molar-refractivity contribution in [3.05, 3.63) is 29.0 Å². The summed E-state index contributed by atoms with van der Waals surface area (Å²) in [5.74, 6) is -0.319. The molecule has 0 atom stereocenters. The van der Waals surface area contributed by atoms with E-state index in [0.29, 0.717) is 11.0 Å². The van der Waals surface area contributed by atoms with Gasteiger partial charge in [0.05, 0.1) is 10.6 Å². The predicted octanol–water partition coefficient (Wildman–Crippen LogP) is 2.43. The highest BCUT2D eigenvalue weighted by molar-refractivity contribution is 7.92. The fourth-order valence-electron chi connectivity index (χ4n) is 1.38. The highest BCUT2D eigenvalue weighted by atomic mass is 35.5. The minimum absolute atomic E-state index is 0.0286. The van der Waals surface area contributed by atoms with Crippen molar-refractivity contribution in [3.63, 3.8) is 0 Å². The van der Waals surface area contributed by atoms with Crippen LogP contribution in [-0.2, 0) is 0 Å². The van der Waals surface area contributed by atoms with E-state index in [4.69, 9.17) is 11.6 Å². The molecule has 0 aromatic carbocycles. The average Bonchev–Trinajstić information content (AvgIpc) is 2.72. The van der Waals surface area contributed by atoms with E-state index in [0.717, 1.165) is 0 Å². The molecule has 2 heterocycles. The van der Waals surface area contributed by atoms with Crippen molar-refractivity contribution in [2.75, 3.05) is 7.05 Å². The minimum Gasteiger partial charge on any atom is -0.355 e. The summed E-state index contributed by atoms with van der Waals surface area (Å²) in [7, 11) is 1.51. The van der Waals surface area contributed by atoms with Gasteiger partial charge in [-0.3, -0.25) is 4.79 Å². The second-order valence-corrected chi connectivity index (χ2v) is 3.92. The van der Waals surface area contributed by atoms with E-state index in [1.54, 1.807) is 6.07 Å². The number of fused-ring (bicyclic) bond motifs is 1. The van der Waals surface area contributed by atoms with Crippen molar-refractivity contribution < 1.29 is 8.68 Å². The fourth-order valence-corrected chi connectivity index (χ4v) is 1.98. The zero-order valence-electron chi connectivity index (χ0n) is 8.20. The monoisotopic (exact) mass is 259 g/mol. The third kappa shape index (κ3) is 1.64. The molecule has 16 heavy (non-hydrogen) atoms. The van der Waals surface area contributed by atoms with Crippen LogP contribution >= 0.6 is 23.9 Å². The van der Waals surface area contributed by atoms with E-state index in [9.17, 15) is 8.68 Å². The van der Waals surface area contributed by atoms with Gasteiger partial charge in [-0.1, -0.05) is 11.6 Å². The summed E-state index contributed by atoms with van der Waals surface area (Å²) in [6.45, 7) is 0. The zero-order valence-corrected chi connectivity index (χ0v) is 9.77. The van der Waals surface area contributed by atoms with E-state index in [1.165, 1.54) is 23.4 Å². The molecule has 1 N–H and O–H groups in total. The number of carbonyl (C=O) groups is 1. The van der Waals surface area contributed by atoms with Gasteiger partial charge in [-0.25, -0.2) is 8.96 Å². The molecule has 0 aliphatic heterocycles. The number of nitrogens with one attached hydrogen (secondary N) is 1. The van der Waals surface area contributed by atoms with Crippen molar-refractivity contribution in [1.82, 2.24) is 14.3 Å². The third-order valence-electron chi connectivity index (χ3n) is 2.16. The van der Waals surface area contributed by atoms with Gasteiger partial charge < -0.3 is 5.32 Å². The van der Waals surface area contributed by atoms with Crippen molar-refractivity contribution in [2.24, 2.45) is 0 Å². The second-order valence-electron chi connectivity index (χ2n) is 3.01. The standard InChI is InChI=1S/C9H7ClFN3OS/c1-12-9(15)6-4-13-8-5(7(6)10)2-3-14(8)16-11/h2-4H,1H3,(H,12,15). The highest BCUT2D eigenvalue weighted by Crippen LogP contribution is 2.28. The number of hydrogen-bond acceptors (Lipinski definition) is 3. The Bertz CT molecular complexity index is 557. The van der Waals surface area contributed by atoms with E-state index in [-0.39, 0.29) is 28.8 Å². The van der Waals surface area contributed by atoms with Crippen molar-refractivity contribution in [1.29, 1.82) is 0 Å². The van der Waals surface area contributed by atoms with Gasteiger partial charge >= 0.3 is 0 Å². The Hall–Kier alpha value is -1.27. The van der Waals surface area contributed by atoms with Gasteiger partial charge in [0.2, 0.25) is 0 Å². The van der Waals surface area contributed by atoms with E-state index < -0.39 is 0 Å². The first kappa shape index (κ1) is 11.2. The Morgan fingerprint density at radius 2 is 2.44 bits per heavy atom. The second kappa shape index (κ2) is 4.31.